The third-order valence-electron chi connectivity index (χ3n) is 1.77. The van der Waals surface area contributed by atoms with Gasteiger partial charge in [-0.05, 0) is 19.1 Å². The maximum atomic E-state index is 10.8. The lowest BCUT2D eigenvalue weighted by atomic mass is 10.1. The number of carboxylic acid groups (broad SMARTS) is 1. The number of rotatable bonds is 3. The predicted molar refractivity (Wildman–Crippen MR) is 49.5 cm³/mol. The van der Waals surface area contributed by atoms with Crippen molar-refractivity contribution in [2.45, 2.75) is 13.3 Å². The van der Waals surface area contributed by atoms with Gasteiger partial charge in [-0.15, -0.1) is 0 Å². The molecule has 2 N–H and O–H groups in total. The van der Waals surface area contributed by atoms with Gasteiger partial charge < -0.3 is 10.2 Å². The van der Waals surface area contributed by atoms with E-state index in [1.807, 2.05) is 0 Å². The number of benzene rings is 1. The summed E-state index contributed by atoms with van der Waals surface area (Å²) >= 11 is 0. The fourth-order valence-electron chi connectivity index (χ4n) is 1.11. The molecule has 1 aromatic carbocycles. The fraction of sp³-hybridized carbons (Fsp3) is 0.200. The number of carbonyl (C=O) groups is 2. The molecule has 0 heterocycles. The first-order chi connectivity index (χ1) is 6.50. The number of carbonyl (C=O) groups excluding carboxylic acids is 1. The molecule has 4 heteroatoms. The highest BCUT2D eigenvalue weighted by molar-refractivity contribution is 5.88. The maximum absolute atomic E-state index is 10.8. The van der Waals surface area contributed by atoms with Crippen LogP contribution in [-0.2, 0) is 11.2 Å². The van der Waals surface area contributed by atoms with E-state index in [4.69, 9.17) is 5.11 Å². The molecular weight excluding hydrogens is 184 g/mol. The summed E-state index contributed by atoms with van der Waals surface area (Å²) in [7, 11) is 0. The molecule has 14 heavy (non-hydrogen) atoms. The normalized spacial score (nSPS) is 9.79. The molecule has 0 unspecified atom stereocenters. The first kappa shape index (κ1) is 10.2. The molecule has 0 bridgehead atoms. The molecule has 0 fully saturated rings. The Hall–Kier alpha value is -1.84. The SMILES string of the molecule is CC(=O)Cc1ccc(C(=O)O)cc1O. The van der Waals surface area contributed by atoms with Gasteiger partial charge in [0, 0.05) is 12.0 Å². The summed E-state index contributed by atoms with van der Waals surface area (Å²) in [4.78, 5) is 21.3. The van der Waals surface area contributed by atoms with Crippen LogP contribution in [0.4, 0.5) is 0 Å². The Morgan fingerprint density at radius 2 is 2.00 bits per heavy atom. The summed E-state index contributed by atoms with van der Waals surface area (Å²) in [5.41, 5.74) is 0.456. The number of hydrogen-bond acceptors (Lipinski definition) is 3. The molecule has 1 aromatic rings. The summed E-state index contributed by atoms with van der Waals surface area (Å²) in [6.07, 6.45) is 0.117. The van der Waals surface area contributed by atoms with E-state index in [0.717, 1.165) is 6.07 Å². The highest BCUT2D eigenvalue weighted by Crippen LogP contribution is 2.19. The standard InChI is InChI=1S/C10H10O4/c1-6(11)4-7-2-3-8(10(13)14)5-9(7)12/h2-3,5,12H,4H2,1H3,(H,13,14). The zero-order valence-electron chi connectivity index (χ0n) is 7.65. The van der Waals surface area contributed by atoms with Crippen molar-refractivity contribution in [3.05, 3.63) is 29.3 Å². The summed E-state index contributed by atoms with van der Waals surface area (Å²) < 4.78 is 0. The molecule has 74 valence electrons. The first-order valence-electron chi connectivity index (χ1n) is 4.05. The van der Waals surface area contributed by atoms with Crippen molar-refractivity contribution >= 4 is 11.8 Å². The predicted octanol–water partition coefficient (Wildman–Crippen LogP) is 1.22. The highest BCUT2D eigenvalue weighted by Gasteiger charge is 2.08. The monoisotopic (exact) mass is 194 g/mol. The van der Waals surface area contributed by atoms with Crippen molar-refractivity contribution in [2.75, 3.05) is 0 Å². The van der Waals surface area contributed by atoms with Gasteiger partial charge in [0.15, 0.2) is 0 Å². The average Bonchev–Trinajstić information content (AvgIpc) is 2.07. The third kappa shape index (κ3) is 2.32. The fourth-order valence-corrected chi connectivity index (χ4v) is 1.11. The van der Waals surface area contributed by atoms with Crippen molar-refractivity contribution < 1.29 is 19.8 Å². The van der Waals surface area contributed by atoms with Gasteiger partial charge in [0.2, 0.25) is 0 Å². The largest absolute Gasteiger partial charge is 0.508 e. The van der Waals surface area contributed by atoms with E-state index in [2.05, 4.69) is 0 Å². The van der Waals surface area contributed by atoms with Crippen molar-refractivity contribution in [2.24, 2.45) is 0 Å². The van der Waals surface area contributed by atoms with Crippen LogP contribution in [0.5, 0.6) is 5.75 Å². The zero-order valence-corrected chi connectivity index (χ0v) is 7.65. The summed E-state index contributed by atoms with van der Waals surface area (Å²) in [5.74, 6) is -1.34. The minimum absolute atomic E-state index is 0.00908. The number of aromatic hydroxyl groups is 1. The van der Waals surface area contributed by atoms with Crippen LogP contribution >= 0.6 is 0 Å². The average molecular weight is 194 g/mol. The van der Waals surface area contributed by atoms with E-state index in [9.17, 15) is 14.7 Å². The molecule has 0 saturated heterocycles. The molecule has 4 nitrogen and oxygen atoms in total. The van der Waals surface area contributed by atoms with E-state index in [1.165, 1.54) is 19.1 Å². The summed E-state index contributed by atoms with van der Waals surface area (Å²) in [5, 5.41) is 18.0. The van der Waals surface area contributed by atoms with Crippen LogP contribution in [0.1, 0.15) is 22.8 Å². The molecule has 0 aliphatic heterocycles. The molecule has 0 atom stereocenters. The number of ketones is 1. The van der Waals surface area contributed by atoms with Crippen LogP contribution in [0.25, 0.3) is 0 Å². The lowest BCUT2D eigenvalue weighted by Crippen LogP contribution is -2.00. The lowest BCUT2D eigenvalue weighted by molar-refractivity contribution is -0.116. The Balaban J connectivity index is 3.01. The Morgan fingerprint density at radius 1 is 1.36 bits per heavy atom. The molecule has 0 aromatic heterocycles. The van der Waals surface area contributed by atoms with Gasteiger partial charge in [-0.2, -0.15) is 0 Å². The van der Waals surface area contributed by atoms with Gasteiger partial charge >= 0.3 is 5.97 Å². The number of phenolic OH excluding ortho intramolecular Hbond substituents is 1. The quantitative estimate of drug-likeness (QED) is 0.758. The van der Waals surface area contributed by atoms with E-state index in [1.54, 1.807) is 0 Å². The smallest absolute Gasteiger partial charge is 0.335 e. The van der Waals surface area contributed by atoms with E-state index < -0.39 is 5.97 Å². The highest BCUT2D eigenvalue weighted by atomic mass is 16.4. The molecule has 0 amide bonds. The van der Waals surface area contributed by atoms with Gasteiger partial charge in [-0.25, -0.2) is 4.79 Å². The molecule has 0 spiro atoms. The van der Waals surface area contributed by atoms with Crippen LogP contribution in [0, 0.1) is 0 Å². The van der Waals surface area contributed by atoms with Gasteiger partial charge in [0.1, 0.15) is 11.5 Å². The van der Waals surface area contributed by atoms with Crippen LogP contribution in [0.15, 0.2) is 18.2 Å². The second-order valence-corrected chi connectivity index (χ2v) is 3.03. The topological polar surface area (TPSA) is 74.6 Å². The third-order valence-corrected chi connectivity index (χ3v) is 1.77. The first-order valence-corrected chi connectivity index (χ1v) is 4.05. The molecule has 0 saturated carbocycles. The van der Waals surface area contributed by atoms with Crippen molar-refractivity contribution in [1.29, 1.82) is 0 Å². The molecular formula is C10H10O4. The summed E-state index contributed by atoms with van der Waals surface area (Å²) in [6, 6.07) is 3.95. The molecule has 0 aliphatic carbocycles. The van der Waals surface area contributed by atoms with Crippen LogP contribution in [0.3, 0.4) is 0 Å². The number of hydrogen-bond donors (Lipinski definition) is 2. The van der Waals surface area contributed by atoms with Gasteiger partial charge in [0.25, 0.3) is 0 Å². The maximum Gasteiger partial charge on any atom is 0.335 e. The number of Topliss-reactive ketones (excluding diaryl/α,β-unsaturated/α-hetero) is 1. The Morgan fingerprint density at radius 3 is 2.43 bits per heavy atom. The minimum atomic E-state index is -1.10. The number of carboxylic acids is 1. The Labute approximate surface area is 80.8 Å². The van der Waals surface area contributed by atoms with Crippen LogP contribution < -0.4 is 0 Å². The van der Waals surface area contributed by atoms with Crippen molar-refractivity contribution in [3.8, 4) is 5.75 Å². The number of aromatic carboxylic acids is 1. The van der Waals surface area contributed by atoms with Crippen molar-refractivity contribution in [3.63, 3.8) is 0 Å². The van der Waals surface area contributed by atoms with Gasteiger partial charge in [-0.1, -0.05) is 6.07 Å². The Bertz CT molecular complexity index is 382. The van der Waals surface area contributed by atoms with E-state index in [-0.39, 0.29) is 23.5 Å². The molecule has 0 aliphatic rings. The summed E-state index contributed by atoms with van der Waals surface area (Å²) in [6.45, 7) is 1.41. The van der Waals surface area contributed by atoms with Crippen molar-refractivity contribution in [1.82, 2.24) is 0 Å². The number of phenols is 1. The molecule has 1 rings (SSSR count). The second kappa shape index (κ2) is 3.91. The van der Waals surface area contributed by atoms with E-state index >= 15 is 0 Å². The zero-order chi connectivity index (χ0) is 10.7. The lowest BCUT2D eigenvalue weighted by Gasteiger charge is -2.02. The van der Waals surface area contributed by atoms with Gasteiger partial charge in [0.05, 0.1) is 5.56 Å². The second-order valence-electron chi connectivity index (χ2n) is 3.03. The van der Waals surface area contributed by atoms with E-state index in [0.29, 0.717) is 5.56 Å². The van der Waals surface area contributed by atoms with Crippen LogP contribution in [0.2, 0.25) is 0 Å². The Kier molecular flexibility index (Phi) is 2.86. The minimum Gasteiger partial charge on any atom is -0.508 e. The molecule has 0 radical (unpaired) electrons. The van der Waals surface area contributed by atoms with Gasteiger partial charge in [-0.3, -0.25) is 4.79 Å². The van der Waals surface area contributed by atoms with Crippen LogP contribution in [-0.4, -0.2) is 22.0 Å².